The Morgan fingerprint density at radius 3 is 2.21 bits per heavy atom. The summed E-state index contributed by atoms with van der Waals surface area (Å²) in [5.74, 6) is -0.988. The van der Waals surface area contributed by atoms with Gasteiger partial charge in [0.2, 0.25) is 11.7 Å². The Hall–Kier alpha value is -3.49. The molecule has 0 aliphatic rings. The van der Waals surface area contributed by atoms with Gasteiger partial charge in [0.1, 0.15) is 0 Å². The lowest BCUT2D eigenvalue weighted by molar-refractivity contribution is -0.117. The quantitative estimate of drug-likeness (QED) is 0.338. The zero-order valence-electron chi connectivity index (χ0n) is 18.8. The summed E-state index contributed by atoms with van der Waals surface area (Å²) in [5, 5.41) is 0.561. The molecule has 0 aliphatic carbocycles. The van der Waals surface area contributed by atoms with Crippen LogP contribution in [0, 0.1) is 0 Å². The average Bonchev–Trinajstić information content (AvgIpc) is 2.82. The molecule has 0 aliphatic heterocycles. The highest BCUT2D eigenvalue weighted by Crippen LogP contribution is 2.34. The van der Waals surface area contributed by atoms with Crippen LogP contribution in [0.2, 0.25) is 10.0 Å². The molecule has 1 heterocycles. The van der Waals surface area contributed by atoms with Gasteiger partial charge in [0.15, 0.2) is 11.6 Å². The summed E-state index contributed by atoms with van der Waals surface area (Å²) in [7, 11) is 4.72. The number of nitrogens with zero attached hydrogens (tertiary/aromatic N) is 4. The lowest BCUT2D eigenvalue weighted by Gasteiger charge is -2.24. The van der Waals surface area contributed by atoms with Crippen LogP contribution in [0.4, 0.5) is 5.69 Å². The highest BCUT2D eigenvalue weighted by Gasteiger charge is 2.23. The maximum atomic E-state index is 13.3. The molecule has 0 atom stereocenters. The molecule has 8 nitrogen and oxygen atoms in total. The summed E-state index contributed by atoms with van der Waals surface area (Å²) in [4.78, 5) is 49.0. The molecular weight excluding hydrogens is 479 g/mol. The van der Waals surface area contributed by atoms with E-state index in [2.05, 4.69) is 9.97 Å². The predicted molar refractivity (Wildman–Crippen MR) is 130 cm³/mol. The highest BCUT2D eigenvalue weighted by molar-refractivity contribution is 6.37. The number of carbonyl (C=O) groups is 3. The van der Waals surface area contributed by atoms with Gasteiger partial charge in [-0.3, -0.25) is 14.4 Å². The Labute approximate surface area is 207 Å². The SMILES string of the molecule is COc1c(Cl)cc(CN(C(=O)CC(=O)c2ncccn2)c2cccc(C(=O)N(C)C)c2)cc1Cl. The van der Waals surface area contributed by atoms with E-state index in [0.717, 1.165) is 0 Å². The minimum absolute atomic E-state index is 0.0464. The molecule has 3 aromatic rings. The fraction of sp³-hybridized carbons (Fsp3) is 0.208. The van der Waals surface area contributed by atoms with E-state index in [9.17, 15) is 14.4 Å². The van der Waals surface area contributed by atoms with Gasteiger partial charge in [0.25, 0.3) is 5.91 Å². The Morgan fingerprint density at radius 2 is 1.62 bits per heavy atom. The molecule has 0 unspecified atom stereocenters. The van der Waals surface area contributed by atoms with Gasteiger partial charge in [-0.05, 0) is 42.0 Å². The number of hydrogen-bond donors (Lipinski definition) is 0. The Balaban J connectivity index is 1.98. The van der Waals surface area contributed by atoms with Crippen LogP contribution >= 0.6 is 23.2 Å². The molecule has 1 aromatic heterocycles. The molecule has 3 rings (SSSR count). The summed E-state index contributed by atoms with van der Waals surface area (Å²) in [6.45, 7) is 0.0464. The molecule has 0 radical (unpaired) electrons. The van der Waals surface area contributed by atoms with Crippen molar-refractivity contribution in [2.45, 2.75) is 13.0 Å². The van der Waals surface area contributed by atoms with E-state index in [-0.39, 0.29) is 28.3 Å². The van der Waals surface area contributed by atoms with E-state index in [1.807, 2.05) is 0 Å². The summed E-state index contributed by atoms with van der Waals surface area (Å²) < 4.78 is 5.19. The molecule has 0 N–H and O–H groups in total. The van der Waals surface area contributed by atoms with Crippen molar-refractivity contribution >= 4 is 46.5 Å². The van der Waals surface area contributed by atoms with Gasteiger partial charge in [0.05, 0.1) is 30.1 Å². The van der Waals surface area contributed by atoms with Crippen molar-refractivity contribution in [2.24, 2.45) is 0 Å². The second kappa shape index (κ2) is 11.1. The molecule has 0 spiro atoms. The van der Waals surface area contributed by atoms with E-state index >= 15 is 0 Å². The topological polar surface area (TPSA) is 92.7 Å². The first-order valence-corrected chi connectivity index (χ1v) is 10.9. The number of methoxy groups -OCH3 is 1. The average molecular weight is 501 g/mol. The van der Waals surface area contributed by atoms with Crippen LogP contribution in [0.5, 0.6) is 5.75 Å². The lowest BCUT2D eigenvalue weighted by atomic mass is 10.1. The number of ketones is 1. The van der Waals surface area contributed by atoms with Crippen LogP contribution in [0.15, 0.2) is 54.9 Å². The minimum Gasteiger partial charge on any atom is -0.494 e. The predicted octanol–water partition coefficient (Wildman–Crippen LogP) is 4.30. The molecule has 0 fully saturated rings. The van der Waals surface area contributed by atoms with Crippen molar-refractivity contribution in [3.63, 3.8) is 0 Å². The number of benzene rings is 2. The number of ether oxygens (including phenoxy) is 1. The zero-order chi connectivity index (χ0) is 24.8. The van der Waals surface area contributed by atoms with Crippen LogP contribution < -0.4 is 9.64 Å². The first kappa shape index (κ1) is 25.1. The Kier molecular flexibility index (Phi) is 8.20. The van der Waals surface area contributed by atoms with Crippen molar-refractivity contribution in [3.05, 3.63) is 81.9 Å². The van der Waals surface area contributed by atoms with Crippen molar-refractivity contribution in [3.8, 4) is 5.75 Å². The maximum absolute atomic E-state index is 13.3. The van der Waals surface area contributed by atoms with E-state index in [4.69, 9.17) is 27.9 Å². The first-order chi connectivity index (χ1) is 16.2. The standard InChI is InChI=1S/C24H22Cl2N4O4/c1-29(2)24(33)16-6-4-7-17(12-16)30(14-15-10-18(25)22(34-3)19(26)11-15)21(32)13-20(31)23-27-8-5-9-28-23/h4-12H,13-14H2,1-3H3. The fourth-order valence-corrected chi connectivity index (χ4v) is 3.91. The van der Waals surface area contributed by atoms with Gasteiger partial charge in [-0.25, -0.2) is 9.97 Å². The monoisotopic (exact) mass is 500 g/mol. The van der Waals surface area contributed by atoms with Gasteiger partial charge in [-0.15, -0.1) is 0 Å². The number of anilines is 1. The molecule has 176 valence electrons. The Morgan fingerprint density at radius 1 is 0.971 bits per heavy atom. The summed E-state index contributed by atoms with van der Waals surface area (Å²) in [6, 6.07) is 11.4. The van der Waals surface area contributed by atoms with Gasteiger partial charge in [-0.1, -0.05) is 29.3 Å². The number of amides is 2. The second-order valence-electron chi connectivity index (χ2n) is 7.49. The zero-order valence-corrected chi connectivity index (χ0v) is 20.3. The van der Waals surface area contributed by atoms with Crippen LogP contribution in [0.3, 0.4) is 0 Å². The van der Waals surface area contributed by atoms with Crippen LogP contribution in [0.25, 0.3) is 0 Å². The van der Waals surface area contributed by atoms with E-state index in [0.29, 0.717) is 22.6 Å². The number of hydrogen-bond acceptors (Lipinski definition) is 6. The summed E-state index contributed by atoms with van der Waals surface area (Å²) in [5.41, 5.74) is 1.43. The maximum Gasteiger partial charge on any atom is 0.253 e. The number of rotatable bonds is 8. The van der Waals surface area contributed by atoms with Gasteiger partial charge in [0, 0.05) is 37.7 Å². The van der Waals surface area contributed by atoms with E-state index in [1.165, 1.54) is 29.3 Å². The highest BCUT2D eigenvalue weighted by atomic mass is 35.5. The summed E-state index contributed by atoms with van der Waals surface area (Å²) in [6.07, 6.45) is 2.40. The summed E-state index contributed by atoms with van der Waals surface area (Å²) >= 11 is 12.6. The smallest absolute Gasteiger partial charge is 0.253 e. The fourth-order valence-electron chi connectivity index (χ4n) is 3.22. The third kappa shape index (κ3) is 5.89. The number of halogens is 2. The number of aromatic nitrogens is 2. The molecule has 10 heteroatoms. The van der Waals surface area contributed by atoms with Crippen LogP contribution in [0.1, 0.15) is 33.0 Å². The molecular formula is C24H22Cl2N4O4. The minimum atomic E-state index is -0.526. The second-order valence-corrected chi connectivity index (χ2v) is 8.31. The Bertz CT molecular complexity index is 1200. The van der Waals surface area contributed by atoms with Crippen LogP contribution in [-0.2, 0) is 11.3 Å². The molecule has 2 aromatic carbocycles. The van der Waals surface area contributed by atoms with Gasteiger partial charge >= 0.3 is 0 Å². The van der Waals surface area contributed by atoms with Gasteiger partial charge in [-0.2, -0.15) is 0 Å². The molecule has 2 amide bonds. The van der Waals surface area contributed by atoms with Crippen molar-refractivity contribution in [2.75, 3.05) is 26.1 Å². The van der Waals surface area contributed by atoms with Crippen molar-refractivity contribution < 1.29 is 19.1 Å². The first-order valence-electron chi connectivity index (χ1n) is 10.2. The largest absolute Gasteiger partial charge is 0.494 e. The van der Waals surface area contributed by atoms with Crippen LogP contribution in [-0.4, -0.2) is 53.7 Å². The third-order valence-electron chi connectivity index (χ3n) is 4.84. The lowest BCUT2D eigenvalue weighted by Crippen LogP contribution is -2.32. The number of Topliss-reactive ketones (excluding diaryl/α,β-unsaturated/α-hetero) is 1. The molecule has 34 heavy (non-hydrogen) atoms. The normalized spacial score (nSPS) is 10.5. The number of carbonyl (C=O) groups excluding carboxylic acids is 3. The van der Waals surface area contributed by atoms with E-state index in [1.54, 1.807) is 56.6 Å². The molecule has 0 saturated heterocycles. The van der Waals surface area contributed by atoms with Gasteiger partial charge < -0.3 is 14.5 Å². The molecule has 0 bridgehead atoms. The van der Waals surface area contributed by atoms with Crippen molar-refractivity contribution in [1.29, 1.82) is 0 Å². The molecule has 0 saturated carbocycles. The van der Waals surface area contributed by atoms with Crippen molar-refractivity contribution in [1.82, 2.24) is 14.9 Å². The van der Waals surface area contributed by atoms with E-state index < -0.39 is 18.1 Å². The third-order valence-corrected chi connectivity index (χ3v) is 5.40.